The van der Waals surface area contributed by atoms with Crippen LogP contribution in [0.1, 0.15) is 26.3 Å². The van der Waals surface area contributed by atoms with Crippen molar-refractivity contribution >= 4 is 11.9 Å². The van der Waals surface area contributed by atoms with E-state index in [1.165, 1.54) is 18.2 Å². The average Bonchev–Trinajstić information content (AvgIpc) is 2.43. The molecule has 3 N–H and O–H groups in total. The predicted octanol–water partition coefficient (Wildman–Crippen LogP) is 2.78. The van der Waals surface area contributed by atoms with Gasteiger partial charge in [-0.1, -0.05) is 24.3 Å². The molecule has 0 unspecified atom stereocenters. The van der Waals surface area contributed by atoms with Gasteiger partial charge in [0.15, 0.2) is 0 Å². The molecule has 0 saturated heterocycles. The third-order valence-corrected chi connectivity index (χ3v) is 2.56. The lowest BCUT2D eigenvalue weighted by molar-refractivity contribution is 0.0685. The van der Waals surface area contributed by atoms with Crippen LogP contribution in [0.15, 0.2) is 48.5 Å². The second-order valence-corrected chi connectivity index (χ2v) is 3.93. The maximum atomic E-state index is 10.5. The summed E-state index contributed by atoms with van der Waals surface area (Å²) in [5.41, 5.74) is 0.877. The van der Waals surface area contributed by atoms with E-state index in [9.17, 15) is 9.59 Å². The first-order chi connectivity index (χ1) is 9.43. The normalized spacial score (nSPS) is 9.25. The maximum absolute atomic E-state index is 10.5. The minimum atomic E-state index is -1.02. The third kappa shape index (κ3) is 4.13. The van der Waals surface area contributed by atoms with Crippen LogP contribution in [0, 0.1) is 6.92 Å². The lowest BCUT2D eigenvalue weighted by Crippen LogP contribution is -1.98. The fourth-order valence-corrected chi connectivity index (χ4v) is 1.44. The summed E-state index contributed by atoms with van der Waals surface area (Å²) in [6.07, 6.45) is 0. The van der Waals surface area contributed by atoms with Gasteiger partial charge in [-0.3, -0.25) is 0 Å². The van der Waals surface area contributed by atoms with Gasteiger partial charge in [0.05, 0.1) is 11.1 Å². The Morgan fingerprint density at radius 3 is 1.85 bits per heavy atom. The topological polar surface area (TPSA) is 94.8 Å². The number of aromatic carboxylic acids is 2. The molecule has 0 aliphatic heterocycles. The first-order valence-corrected chi connectivity index (χ1v) is 5.73. The molecule has 0 amide bonds. The van der Waals surface area contributed by atoms with Gasteiger partial charge >= 0.3 is 11.9 Å². The van der Waals surface area contributed by atoms with Gasteiger partial charge in [-0.25, -0.2) is 9.59 Å². The van der Waals surface area contributed by atoms with E-state index < -0.39 is 11.9 Å². The van der Waals surface area contributed by atoms with Gasteiger partial charge < -0.3 is 15.3 Å². The highest BCUT2D eigenvalue weighted by molar-refractivity contribution is 5.90. The van der Waals surface area contributed by atoms with Crippen molar-refractivity contribution in [2.45, 2.75) is 6.92 Å². The predicted molar refractivity (Wildman–Crippen MR) is 73.2 cm³/mol. The van der Waals surface area contributed by atoms with Crippen LogP contribution in [0.3, 0.4) is 0 Å². The van der Waals surface area contributed by atoms with Crippen LogP contribution in [0.25, 0.3) is 0 Å². The summed E-state index contributed by atoms with van der Waals surface area (Å²) in [6.45, 7) is 1.57. The molecule has 0 bridgehead atoms. The first-order valence-electron chi connectivity index (χ1n) is 5.73. The standard InChI is InChI=1S/C8H8O3.C7H6O2/c1-5-6(8(10)11)3-2-4-7(5)9;8-7(9)6-4-2-1-3-5-6/h2-4,9H,1H3,(H,10,11);1-5H,(H,8,9). The molecule has 2 aromatic carbocycles. The number of benzene rings is 2. The molecule has 5 heteroatoms. The zero-order valence-electron chi connectivity index (χ0n) is 10.8. The molecule has 5 nitrogen and oxygen atoms in total. The summed E-state index contributed by atoms with van der Waals surface area (Å²) in [5.74, 6) is -1.88. The van der Waals surface area contributed by atoms with Crippen molar-refractivity contribution < 1.29 is 24.9 Å². The molecule has 0 atom stereocenters. The molecular weight excluding hydrogens is 260 g/mol. The number of phenolic OH excluding ortho intramolecular Hbond substituents is 1. The van der Waals surface area contributed by atoms with Crippen LogP contribution in [-0.2, 0) is 0 Å². The largest absolute Gasteiger partial charge is 0.508 e. The number of carboxylic acid groups (broad SMARTS) is 2. The van der Waals surface area contributed by atoms with Crippen LogP contribution < -0.4 is 0 Å². The third-order valence-electron chi connectivity index (χ3n) is 2.56. The molecular formula is C15H14O5. The number of carboxylic acids is 2. The fraction of sp³-hybridized carbons (Fsp3) is 0.0667. The molecule has 0 heterocycles. The lowest BCUT2D eigenvalue weighted by atomic mass is 10.1. The van der Waals surface area contributed by atoms with Crippen molar-refractivity contribution in [3.63, 3.8) is 0 Å². The van der Waals surface area contributed by atoms with Crippen LogP contribution in [0.4, 0.5) is 0 Å². The van der Waals surface area contributed by atoms with Gasteiger partial charge in [-0.2, -0.15) is 0 Å². The second kappa shape index (κ2) is 6.94. The smallest absolute Gasteiger partial charge is 0.336 e. The molecule has 2 aromatic rings. The zero-order valence-corrected chi connectivity index (χ0v) is 10.8. The summed E-state index contributed by atoms with van der Waals surface area (Å²) >= 11 is 0. The average molecular weight is 274 g/mol. The Labute approximate surface area is 115 Å². The van der Waals surface area contributed by atoms with Crippen LogP contribution >= 0.6 is 0 Å². The Bertz CT molecular complexity index is 605. The molecule has 0 radical (unpaired) electrons. The molecule has 0 aliphatic carbocycles. The van der Waals surface area contributed by atoms with Crippen LogP contribution in [0.5, 0.6) is 5.75 Å². The van der Waals surface area contributed by atoms with Gasteiger partial charge in [0.1, 0.15) is 5.75 Å². The fourth-order valence-electron chi connectivity index (χ4n) is 1.44. The monoisotopic (exact) mass is 274 g/mol. The van der Waals surface area contributed by atoms with Gasteiger partial charge in [-0.05, 0) is 31.2 Å². The van der Waals surface area contributed by atoms with E-state index in [0.717, 1.165) is 0 Å². The van der Waals surface area contributed by atoms with Crippen molar-refractivity contribution in [2.75, 3.05) is 0 Å². The molecule has 0 saturated carbocycles. The first kappa shape index (κ1) is 15.2. The summed E-state index contributed by atoms with van der Waals surface area (Å²) in [5, 5.41) is 26.0. The summed E-state index contributed by atoms with van der Waals surface area (Å²) in [7, 11) is 0. The van der Waals surface area contributed by atoms with E-state index in [1.807, 2.05) is 0 Å². The lowest BCUT2D eigenvalue weighted by Gasteiger charge is -2.00. The van der Waals surface area contributed by atoms with E-state index >= 15 is 0 Å². The minimum Gasteiger partial charge on any atom is -0.508 e. The summed E-state index contributed by atoms with van der Waals surface area (Å²) < 4.78 is 0. The molecule has 20 heavy (non-hydrogen) atoms. The molecule has 2 rings (SSSR count). The van der Waals surface area contributed by atoms with Crippen molar-refractivity contribution in [1.29, 1.82) is 0 Å². The SMILES string of the molecule is Cc1c(O)cccc1C(=O)O.O=C(O)c1ccccc1. The van der Waals surface area contributed by atoms with Crippen LogP contribution in [-0.4, -0.2) is 27.3 Å². The van der Waals surface area contributed by atoms with E-state index in [-0.39, 0.29) is 11.3 Å². The molecule has 0 fully saturated rings. The van der Waals surface area contributed by atoms with Gasteiger partial charge in [-0.15, -0.1) is 0 Å². The Morgan fingerprint density at radius 2 is 1.45 bits per heavy atom. The number of phenols is 1. The molecule has 0 aromatic heterocycles. The second-order valence-electron chi connectivity index (χ2n) is 3.93. The molecule has 0 spiro atoms. The van der Waals surface area contributed by atoms with Crippen molar-refractivity contribution in [3.8, 4) is 5.75 Å². The van der Waals surface area contributed by atoms with Gasteiger partial charge in [0.2, 0.25) is 0 Å². The Balaban J connectivity index is 0.000000204. The quantitative estimate of drug-likeness (QED) is 0.782. The number of carbonyl (C=O) groups is 2. The molecule has 104 valence electrons. The highest BCUT2D eigenvalue weighted by Crippen LogP contribution is 2.18. The van der Waals surface area contributed by atoms with E-state index in [0.29, 0.717) is 11.1 Å². The van der Waals surface area contributed by atoms with E-state index in [2.05, 4.69) is 0 Å². The Hall–Kier alpha value is -2.82. The number of aromatic hydroxyl groups is 1. The van der Waals surface area contributed by atoms with Gasteiger partial charge in [0.25, 0.3) is 0 Å². The molecule has 0 aliphatic rings. The Kier molecular flexibility index (Phi) is 5.29. The van der Waals surface area contributed by atoms with Crippen molar-refractivity contribution in [3.05, 3.63) is 65.2 Å². The van der Waals surface area contributed by atoms with Crippen molar-refractivity contribution in [2.24, 2.45) is 0 Å². The Morgan fingerprint density at radius 1 is 0.850 bits per heavy atom. The van der Waals surface area contributed by atoms with E-state index in [4.69, 9.17) is 15.3 Å². The summed E-state index contributed by atoms with van der Waals surface area (Å²) in [6, 6.07) is 12.7. The summed E-state index contributed by atoms with van der Waals surface area (Å²) in [4.78, 5) is 20.7. The van der Waals surface area contributed by atoms with E-state index in [1.54, 1.807) is 37.3 Å². The highest BCUT2D eigenvalue weighted by Gasteiger charge is 2.08. The zero-order chi connectivity index (χ0) is 15.1. The maximum Gasteiger partial charge on any atom is 0.336 e. The number of hydrogen-bond donors (Lipinski definition) is 3. The minimum absolute atomic E-state index is 0.0184. The highest BCUT2D eigenvalue weighted by atomic mass is 16.4. The van der Waals surface area contributed by atoms with Crippen LogP contribution in [0.2, 0.25) is 0 Å². The van der Waals surface area contributed by atoms with Gasteiger partial charge in [0, 0.05) is 5.56 Å². The number of hydrogen-bond acceptors (Lipinski definition) is 3. The number of rotatable bonds is 2. The van der Waals surface area contributed by atoms with Crippen molar-refractivity contribution in [1.82, 2.24) is 0 Å².